The molecule has 2 aromatic rings. The van der Waals surface area contributed by atoms with Crippen LogP contribution in [0.25, 0.3) is 0 Å². The molecule has 27 atom stereocenters. The second-order valence-corrected chi connectivity index (χ2v) is 25.8. The summed E-state index contributed by atoms with van der Waals surface area (Å²) in [6, 6.07) is 14.4. The van der Waals surface area contributed by atoms with Gasteiger partial charge in [-0.15, -0.1) is 0 Å². The monoisotopic (exact) mass is 792 g/mol. The molecule has 12 saturated carbocycles. The maximum Gasteiger partial charge on any atom is 0.305 e. The third kappa shape index (κ3) is 2.89. The van der Waals surface area contributed by atoms with Gasteiger partial charge in [0.25, 0.3) is 0 Å². The third-order valence-corrected chi connectivity index (χ3v) is 25.9. The molecule has 298 valence electrons. The number of carbonyl (C=O) groups excluding carboxylic acids is 1. The first-order valence-corrected chi connectivity index (χ1v) is 26.2. The van der Waals surface area contributed by atoms with Crippen molar-refractivity contribution < 1.29 is 9.53 Å². The fraction of sp³-hybridized carbons (Fsp3) is 0.661. The molecule has 1 aromatic carbocycles. The summed E-state index contributed by atoms with van der Waals surface area (Å²) in [7, 11) is 0. The third-order valence-electron chi connectivity index (χ3n) is 25.1. The number of thiophene rings is 1. The van der Waals surface area contributed by atoms with Crippen molar-refractivity contribution in [2.45, 2.75) is 63.2 Å². The number of ether oxygens (including phenoxy) is 1. The normalized spacial score (nSPS) is 61.5. The largest absolute Gasteiger partial charge is 0.465 e. The Morgan fingerprint density at radius 3 is 2.44 bits per heavy atom. The summed E-state index contributed by atoms with van der Waals surface area (Å²) in [5.41, 5.74) is 13.6. The van der Waals surface area contributed by atoms with Crippen LogP contribution < -0.4 is 0 Å². The topological polar surface area (TPSA) is 26.3 Å². The lowest BCUT2D eigenvalue weighted by Gasteiger charge is -2.61. The highest BCUT2D eigenvalue weighted by molar-refractivity contribution is 7.07. The van der Waals surface area contributed by atoms with Crippen molar-refractivity contribution in [2.75, 3.05) is 6.61 Å². The average Bonchev–Trinajstić information content (AvgIpc) is 4.03. The lowest BCUT2D eigenvalue weighted by atomic mass is 9.43. The summed E-state index contributed by atoms with van der Waals surface area (Å²) >= 11 is 1.74. The van der Waals surface area contributed by atoms with Gasteiger partial charge in [0, 0.05) is 23.7 Å². The van der Waals surface area contributed by atoms with Crippen LogP contribution in [0, 0.1) is 153 Å². The van der Waals surface area contributed by atoms with Crippen LogP contribution >= 0.6 is 11.3 Å². The molecule has 1 heterocycles. The maximum absolute atomic E-state index is 13.5. The van der Waals surface area contributed by atoms with Gasteiger partial charge in [-0.05, 0) is 226 Å². The molecular formula is C56H56O2S. The lowest BCUT2D eigenvalue weighted by molar-refractivity contribution is -0.143. The number of allylic oxidation sites excluding steroid dienone is 8. The Balaban J connectivity index is 0.825. The van der Waals surface area contributed by atoms with Gasteiger partial charge in [-0.3, -0.25) is 4.79 Å². The van der Waals surface area contributed by atoms with Gasteiger partial charge in [0.2, 0.25) is 0 Å². The SMILES string of the molecule is O=C(CCCC1(c2ccccc2)C2C3CC4CC5=CC6CC7=C8C9C(CC%10=CC%11=CC21C1C%11C2C%10C9C9C%10C8C6C6C5C4C4C3C1C(C29)C4C6%10)C7)OCCc1ccsc1. The molecule has 1 aromatic heterocycles. The minimum absolute atomic E-state index is 0.0346. The van der Waals surface area contributed by atoms with E-state index in [2.05, 4.69) is 76.5 Å². The lowest BCUT2D eigenvalue weighted by Crippen LogP contribution is -2.58. The van der Waals surface area contributed by atoms with Crippen LogP contribution in [0.2, 0.25) is 0 Å². The summed E-state index contributed by atoms with van der Waals surface area (Å²) in [5, 5.41) is 4.33. The van der Waals surface area contributed by atoms with Crippen LogP contribution in [0.3, 0.4) is 0 Å². The first-order chi connectivity index (χ1) is 29.2. The van der Waals surface area contributed by atoms with Crippen molar-refractivity contribution in [1.29, 1.82) is 0 Å². The van der Waals surface area contributed by atoms with E-state index in [1.54, 1.807) is 16.9 Å². The Hall–Kier alpha value is -2.65. The van der Waals surface area contributed by atoms with Crippen LogP contribution in [0.15, 0.2) is 93.3 Å². The molecule has 2 nitrogen and oxygen atoms in total. The predicted octanol–water partition coefficient (Wildman–Crippen LogP) is 10.6. The standard InChI is InChI=1S/C56H56O2S/c57-32(58-11-8-22-9-12-59-21-22)7-4-10-55(30-5-2-1-3-6-30)54-31-19-28-17-25-15-26-14-23-13-24-16-27-18-29-20-56(54,55)53-39(29)44-38(27)43-34(24)33(23)41-37(26)42-35(25)36(28)45-40(31)52(53)51-49(44)47(43)46(41)48(42)50(45)51/h1-3,5-6,9,12,15,18,20-21,24,26,28,31,34-54H,4,7-8,10-11,13-14,16-17,19H2. The first kappa shape index (κ1) is 31.2. The van der Waals surface area contributed by atoms with Gasteiger partial charge >= 0.3 is 5.97 Å². The molecule has 19 rings (SSSR count). The van der Waals surface area contributed by atoms with E-state index in [9.17, 15) is 4.79 Å². The molecule has 17 aliphatic carbocycles. The molecule has 0 aliphatic heterocycles. The highest BCUT2D eigenvalue weighted by atomic mass is 32.1. The van der Waals surface area contributed by atoms with E-state index in [1.807, 2.05) is 16.7 Å². The van der Waals surface area contributed by atoms with Crippen molar-refractivity contribution in [3.8, 4) is 0 Å². The Bertz CT molecular complexity index is 2520. The molecule has 59 heavy (non-hydrogen) atoms. The van der Waals surface area contributed by atoms with Gasteiger partial charge < -0.3 is 4.74 Å². The van der Waals surface area contributed by atoms with Gasteiger partial charge in [-0.2, -0.15) is 11.3 Å². The molecule has 0 amide bonds. The molecule has 17 aliphatic rings. The number of rotatable bonds is 8. The number of fused-ring (bicyclic) bond motifs is 1. The number of hydrogen-bond acceptors (Lipinski definition) is 3. The molecule has 0 N–H and O–H groups in total. The number of esters is 1. The fourth-order valence-electron chi connectivity index (χ4n) is 26.0. The molecule has 0 saturated heterocycles. The predicted molar refractivity (Wildman–Crippen MR) is 225 cm³/mol. The van der Waals surface area contributed by atoms with E-state index in [1.165, 1.54) is 44.1 Å². The molecule has 0 bridgehead atoms. The van der Waals surface area contributed by atoms with Crippen LogP contribution in [0.1, 0.15) is 62.5 Å². The maximum atomic E-state index is 13.5. The Kier molecular flexibility index (Phi) is 5.02. The molecule has 1 spiro atoms. The van der Waals surface area contributed by atoms with Crippen LogP contribution in [0.5, 0.6) is 0 Å². The minimum atomic E-state index is 0.0346. The van der Waals surface area contributed by atoms with Gasteiger partial charge in [-0.1, -0.05) is 70.9 Å². The summed E-state index contributed by atoms with van der Waals surface area (Å²) < 4.78 is 5.97. The number of hydrogen-bond donors (Lipinski definition) is 0. The first-order valence-electron chi connectivity index (χ1n) is 25.3. The zero-order valence-electron chi connectivity index (χ0n) is 34.1. The van der Waals surface area contributed by atoms with Gasteiger partial charge in [0.1, 0.15) is 0 Å². The van der Waals surface area contributed by atoms with E-state index < -0.39 is 0 Å². The van der Waals surface area contributed by atoms with Crippen molar-refractivity contribution in [1.82, 2.24) is 0 Å². The van der Waals surface area contributed by atoms with Crippen molar-refractivity contribution in [2.24, 2.45) is 153 Å². The zero-order chi connectivity index (χ0) is 37.3. The second kappa shape index (κ2) is 9.48. The summed E-state index contributed by atoms with van der Waals surface area (Å²) in [4.78, 5) is 13.5. The van der Waals surface area contributed by atoms with E-state index in [-0.39, 0.29) is 16.8 Å². The molecule has 3 heteroatoms. The van der Waals surface area contributed by atoms with Crippen molar-refractivity contribution >= 4 is 17.3 Å². The summed E-state index contributed by atoms with van der Waals surface area (Å²) in [5.74, 6) is 24.3. The van der Waals surface area contributed by atoms with Gasteiger partial charge in [-0.25, -0.2) is 0 Å². The Morgan fingerprint density at radius 2 is 1.53 bits per heavy atom. The minimum Gasteiger partial charge on any atom is -0.465 e. The quantitative estimate of drug-likeness (QED) is 0.197. The van der Waals surface area contributed by atoms with Crippen molar-refractivity contribution in [3.63, 3.8) is 0 Å². The Morgan fingerprint density at radius 1 is 0.729 bits per heavy atom. The molecule has 0 radical (unpaired) electrons. The van der Waals surface area contributed by atoms with Gasteiger partial charge in [0.05, 0.1) is 6.61 Å². The molecular weight excluding hydrogens is 737 g/mol. The second-order valence-electron chi connectivity index (χ2n) is 25.0. The molecule has 12 fully saturated rings. The Labute approximate surface area is 352 Å². The summed E-state index contributed by atoms with van der Waals surface area (Å²) in [6.45, 7) is 0.517. The van der Waals surface area contributed by atoms with Gasteiger partial charge in [0.15, 0.2) is 0 Å². The zero-order valence-corrected chi connectivity index (χ0v) is 34.9. The van der Waals surface area contributed by atoms with Crippen LogP contribution in [0.4, 0.5) is 0 Å². The van der Waals surface area contributed by atoms with Crippen molar-refractivity contribution in [3.05, 3.63) is 104 Å². The van der Waals surface area contributed by atoms with E-state index in [4.69, 9.17) is 4.74 Å². The highest BCUT2D eigenvalue weighted by Gasteiger charge is 2.93. The molecule has 27 unspecified atom stereocenters. The van der Waals surface area contributed by atoms with E-state index >= 15 is 0 Å². The fourth-order valence-corrected chi connectivity index (χ4v) is 26.7. The van der Waals surface area contributed by atoms with E-state index in [0.717, 1.165) is 161 Å². The smallest absolute Gasteiger partial charge is 0.305 e. The van der Waals surface area contributed by atoms with Crippen LogP contribution in [-0.4, -0.2) is 12.6 Å². The number of benzene rings is 1. The van der Waals surface area contributed by atoms with Crippen LogP contribution in [-0.2, 0) is 21.4 Å². The number of carbonyl (C=O) groups is 1. The summed E-state index contributed by atoms with van der Waals surface area (Å²) in [6.07, 6.45) is 20.2. The average molecular weight is 793 g/mol. The van der Waals surface area contributed by atoms with E-state index in [0.29, 0.717) is 13.0 Å². The highest BCUT2D eigenvalue weighted by Crippen LogP contribution is 2.97.